The lowest BCUT2D eigenvalue weighted by Crippen LogP contribution is -2.24. The Morgan fingerprint density at radius 3 is 2.86 bits per heavy atom. The van der Waals surface area contributed by atoms with Gasteiger partial charge in [-0.3, -0.25) is 4.79 Å². The first-order chi connectivity index (χ1) is 10.5. The molecule has 5 nitrogen and oxygen atoms in total. The van der Waals surface area contributed by atoms with Crippen LogP contribution < -0.4 is 0 Å². The largest absolute Gasteiger partial charge is 0.458 e. The lowest BCUT2D eigenvalue weighted by Gasteiger charge is -2.20. The zero-order valence-electron chi connectivity index (χ0n) is 12.3. The van der Waals surface area contributed by atoms with E-state index in [-0.39, 0.29) is 18.2 Å². The van der Waals surface area contributed by atoms with Crippen molar-refractivity contribution in [1.82, 2.24) is 9.55 Å². The minimum Gasteiger partial charge on any atom is -0.458 e. The van der Waals surface area contributed by atoms with Crippen molar-refractivity contribution in [3.8, 4) is 0 Å². The van der Waals surface area contributed by atoms with Gasteiger partial charge in [-0.2, -0.15) is 0 Å². The molecule has 118 valence electrons. The van der Waals surface area contributed by atoms with Crippen LogP contribution >= 0.6 is 23.2 Å². The van der Waals surface area contributed by atoms with Crippen molar-refractivity contribution < 1.29 is 14.3 Å². The van der Waals surface area contributed by atoms with Gasteiger partial charge in [-0.25, -0.2) is 4.98 Å². The molecule has 0 unspecified atom stereocenters. The number of carbonyl (C=O) groups excluding carboxylic acids is 1. The van der Waals surface area contributed by atoms with Crippen LogP contribution in [0.2, 0.25) is 10.0 Å². The maximum absolute atomic E-state index is 11.3. The maximum atomic E-state index is 11.3. The highest BCUT2D eigenvalue weighted by atomic mass is 35.5. The molecule has 1 aromatic heterocycles. The SMILES string of the molecule is CC[C@@H]1C[C@H](OC(C)=O)[C@H](n2cnc3cc(Cl)c(Cl)cc32)O1. The number of hydrogen-bond acceptors (Lipinski definition) is 4. The Bertz CT molecular complexity index is 716. The number of carbonyl (C=O) groups is 1. The number of aromatic nitrogens is 2. The van der Waals surface area contributed by atoms with Crippen LogP contribution in [-0.2, 0) is 14.3 Å². The lowest BCUT2D eigenvalue weighted by atomic mass is 10.1. The van der Waals surface area contributed by atoms with Crippen LogP contribution in [0.15, 0.2) is 18.5 Å². The summed E-state index contributed by atoms with van der Waals surface area (Å²) in [6.45, 7) is 3.44. The molecule has 2 aromatic rings. The maximum Gasteiger partial charge on any atom is 0.303 e. The number of fused-ring (bicyclic) bond motifs is 1. The summed E-state index contributed by atoms with van der Waals surface area (Å²) in [6, 6.07) is 3.46. The van der Waals surface area contributed by atoms with E-state index in [4.69, 9.17) is 32.7 Å². The van der Waals surface area contributed by atoms with E-state index in [1.807, 2.05) is 11.5 Å². The Balaban J connectivity index is 2.00. The van der Waals surface area contributed by atoms with Crippen LogP contribution in [0.1, 0.15) is 32.9 Å². The molecule has 2 heterocycles. The molecule has 0 spiro atoms. The number of imidazole rings is 1. The summed E-state index contributed by atoms with van der Waals surface area (Å²) in [5.74, 6) is -0.319. The van der Waals surface area contributed by atoms with Gasteiger partial charge in [0, 0.05) is 13.3 Å². The Morgan fingerprint density at radius 2 is 2.18 bits per heavy atom. The molecule has 3 atom stereocenters. The minimum atomic E-state index is -0.406. The van der Waals surface area contributed by atoms with Gasteiger partial charge in [0.1, 0.15) is 6.10 Å². The second-order valence-corrected chi connectivity index (χ2v) is 6.16. The molecule has 0 radical (unpaired) electrons. The topological polar surface area (TPSA) is 53.4 Å². The number of esters is 1. The molecular weight excluding hydrogens is 327 g/mol. The van der Waals surface area contributed by atoms with E-state index in [1.54, 1.807) is 18.5 Å². The van der Waals surface area contributed by atoms with Crippen LogP contribution in [0.25, 0.3) is 11.0 Å². The smallest absolute Gasteiger partial charge is 0.303 e. The van der Waals surface area contributed by atoms with Crippen molar-refractivity contribution in [2.24, 2.45) is 0 Å². The molecule has 1 aromatic carbocycles. The summed E-state index contributed by atoms with van der Waals surface area (Å²) in [7, 11) is 0. The quantitative estimate of drug-likeness (QED) is 0.792. The van der Waals surface area contributed by atoms with Crippen molar-refractivity contribution in [3.05, 3.63) is 28.5 Å². The molecule has 1 aliphatic rings. The minimum absolute atomic E-state index is 0.0505. The van der Waals surface area contributed by atoms with E-state index >= 15 is 0 Å². The van der Waals surface area contributed by atoms with E-state index in [1.165, 1.54) is 6.92 Å². The summed E-state index contributed by atoms with van der Waals surface area (Å²) in [6.07, 6.45) is 2.49. The van der Waals surface area contributed by atoms with E-state index < -0.39 is 6.23 Å². The Labute approximate surface area is 138 Å². The predicted octanol–water partition coefficient (Wildman–Crippen LogP) is 3.97. The van der Waals surface area contributed by atoms with Crippen molar-refractivity contribution >= 4 is 40.2 Å². The van der Waals surface area contributed by atoms with Crippen molar-refractivity contribution in [2.45, 2.75) is 45.1 Å². The van der Waals surface area contributed by atoms with E-state index in [2.05, 4.69) is 4.98 Å². The Morgan fingerprint density at radius 1 is 1.45 bits per heavy atom. The monoisotopic (exact) mass is 342 g/mol. The standard InChI is InChI=1S/C15H16Cl2N2O3/c1-3-9-4-14(21-8(2)20)15(22-9)19-7-18-12-5-10(16)11(17)6-13(12)19/h5-7,9,14-15H,3-4H2,1-2H3/t9-,14+,15-/m1/s1. The molecule has 1 saturated heterocycles. The first-order valence-electron chi connectivity index (χ1n) is 7.14. The lowest BCUT2D eigenvalue weighted by molar-refractivity contribution is -0.152. The normalized spacial score (nSPS) is 24.8. The number of hydrogen-bond donors (Lipinski definition) is 0. The number of halogens is 2. The molecule has 22 heavy (non-hydrogen) atoms. The first kappa shape index (κ1) is 15.6. The summed E-state index contributed by atoms with van der Waals surface area (Å²) >= 11 is 12.1. The van der Waals surface area contributed by atoms with Crippen LogP contribution in [0.3, 0.4) is 0 Å². The summed E-state index contributed by atoms with van der Waals surface area (Å²) < 4.78 is 13.3. The van der Waals surface area contributed by atoms with Gasteiger partial charge < -0.3 is 14.0 Å². The number of nitrogens with zero attached hydrogens (tertiary/aromatic N) is 2. The third-order valence-electron chi connectivity index (χ3n) is 3.81. The highest BCUT2D eigenvalue weighted by molar-refractivity contribution is 6.42. The molecule has 1 aliphatic heterocycles. The third-order valence-corrected chi connectivity index (χ3v) is 4.53. The fourth-order valence-electron chi connectivity index (χ4n) is 2.77. The number of benzene rings is 1. The molecule has 3 rings (SSSR count). The van der Waals surface area contributed by atoms with Crippen LogP contribution in [0.5, 0.6) is 0 Å². The van der Waals surface area contributed by atoms with Crippen LogP contribution in [-0.4, -0.2) is 27.7 Å². The molecule has 0 amide bonds. The molecule has 0 N–H and O–H groups in total. The molecule has 0 aliphatic carbocycles. The van der Waals surface area contributed by atoms with Gasteiger partial charge >= 0.3 is 5.97 Å². The van der Waals surface area contributed by atoms with Gasteiger partial charge in [0.2, 0.25) is 0 Å². The third kappa shape index (κ3) is 2.81. The van der Waals surface area contributed by atoms with Crippen molar-refractivity contribution in [2.75, 3.05) is 0 Å². The Kier molecular flexibility index (Phi) is 4.30. The average molecular weight is 343 g/mol. The highest BCUT2D eigenvalue weighted by Crippen LogP contribution is 2.36. The second-order valence-electron chi connectivity index (χ2n) is 5.35. The molecule has 7 heteroatoms. The summed E-state index contributed by atoms with van der Waals surface area (Å²) in [4.78, 5) is 15.7. The van der Waals surface area contributed by atoms with Crippen LogP contribution in [0.4, 0.5) is 0 Å². The van der Waals surface area contributed by atoms with Gasteiger partial charge in [-0.15, -0.1) is 0 Å². The van der Waals surface area contributed by atoms with E-state index in [0.29, 0.717) is 16.5 Å². The van der Waals surface area contributed by atoms with Gasteiger partial charge in [-0.1, -0.05) is 30.1 Å². The first-order valence-corrected chi connectivity index (χ1v) is 7.89. The molecule has 0 saturated carbocycles. The van der Waals surface area contributed by atoms with E-state index in [9.17, 15) is 4.79 Å². The molecule has 0 bridgehead atoms. The molecule has 1 fully saturated rings. The average Bonchev–Trinajstić information content (AvgIpc) is 3.02. The fraction of sp³-hybridized carbons (Fsp3) is 0.467. The zero-order valence-corrected chi connectivity index (χ0v) is 13.8. The van der Waals surface area contributed by atoms with Crippen molar-refractivity contribution in [1.29, 1.82) is 0 Å². The zero-order chi connectivity index (χ0) is 15.9. The van der Waals surface area contributed by atoms with Gasteiger partial charge in [0.05, 0.1) is 33.5 Å². The van der Waals surface area contributed by atoms with Gasteiger partial charge in [0.25, 0.3) is 0 Å². The van der Waals surface area contributed by atoms with Crippen LogP contribution in [0, 0.1) is 0 Å². The van der Waals surface area contributed by atoms with Gasteiger partial charge in [0.15, 0.2) is 6.23 Å². The van der Waals surface area contributed by atoms with E-state index in [0.717, 1.165) is 17.5 Å². The van der Waals surface area contributed by atoms with Gasteiger partial charge in [-0.05, 0) is 18.6 Å². The fourth-order valence-corrected chi connectivity index (χ4v) is 3.08. The number of ether oxygens (including phenoxy) is 2. The Hall–Kier alpha value is -1.30. The number of rotatable bonds is 3. The second kappa shape index (κ2) is 6.07. The predicted molar refractivity (Wildman–Crippen MR) is 84.1 cm³/mol. The molecular formula is C15H16Cl2N2O3. The summed E-state index contributed by atoms with van der Waals surface area (Å²) in [5.41, 5.74) is 1.52. The summed E-state index contributed by atoms with van der Waals surface area (Å²) in [5, 5.41) is 0.903. The highest BCUT2D eigenvalue weighted by Gasteiger charge is 2.38. The van der Waals surface area contributed by atoms with Crippen molar-refractivity contribution in [3.63, 3.8) is 0 Å².